The van der Waals surface area contributed by atoms with Crippen LogP contribution in [-0.2, 0) is 10.0 Å². The molecule has 2 saturated heterocycles. The van der Waals surface area contributed by atoms with Crippen LogP contribution in [0.5, 0.6) is 0 Å². The van der Waals surface area contributed by atoms with Crippen molar-refractivity contribution in [2.75, 3.05) is 38.5 Å². The maximum atomic E-state index is 11.8. The molecule has 0 spiro atoms. The smallest absolute Gasteiger partial charge is 0.213 e. The minimum atomic E-state index is -3.09. The molecule has 2 aliphatic heterocycles. The minimum absolute atomic E-state index is 0.154. The normalized spacial score (nSPS) is 25.9. The molecule has 0 aliphatic carbocycles. The molecule has 2 fully saturated rings. The third-order valence-electron chi connectivity index (χ3n) is 3.75. The number of hydrogen-bond acceptors (Lipinski definition) is 4. The van der Waals surface area contributed by atoms with Gasteiger partial charge >= 0.3 is 0 Å². The standard InChI is InChI=1S/C12H25N3O2S/c16-18(17,11-12-5-3-6-13-12)14-7-4-10-15-8-1-2-9-15/h12-14H,1-11H2. The van der Waals surface area contributed by atoms with Crippen molar-refractivity contribution in [3.05, 3.63) is 0 Å². The van der Waals surface area contributed by atoms with Gasteiger partial charge < -0.3 is 10.2 Å². The Morgan fingerprint density at radius 1 is 1.22 bits per heavy atom. The van der Waals surface area contributed by atoms with E-state index in [4.69, 9.17) is 0 Å². The molecule has 18 heavy (non-hydrogen) atoms. The number of rotatable bonds is 7. The third-order valence-corrected chi connectivity index (χ3v) is 5.24. The highest BCUT2D eigenvalue weighted by Gasteiger charge is 2.21. The zero-order chi connectivity index (χ0) is 12.8. The predicted molar refractivity (Wildman–Crippen MR) is 73.1 cm³/mol. The number of nitrogens with one attached hydrogen (secondary N) is 2. The fourth-order valence-corrected chi connectivity index (χ4v) is 4.15. The first-order valence-electron chi connectivity index (χ1n) is 7.09. The van der Waals surface area contributed by atoms with Crippen molar-refractivity contribution in [3.8, 4) is 0 Å². The maximum Gasteiger partial charge on any atom is 0.213 e. The second kappa shape index (κ2) is 6.84. The third kappa shape index (κ3) is 4.84. The summed E-state index contributed by atoms with van der Waals surface area (Å²) in [6.45, 7) is 4.91. The first-order valence-corrected chi connectivity index (χ1v) is 8.74. The molecule has 0 aromatic rings. The molecule has 0 bridgehead atoms. The van der Waals surface area contributed by atoms with Gasteiger partial charge in [0.05, 0.1) is 5.75 Å². The van der Waals surface area contributed by atoms with Gasteiger partial charge in [0.2, 0.25) is 10.0 Å². The minimum Gasteiger partial charge on any atom is -0.313 e. The molecule has 1 unspecified atom stereocenters. The van der Waals surface area contributed by atoms with Gasteiger partial charge in [0.25, 0.3) is 0 Å². The Hall–Kier alpha value is -0.170. The first-order chi connectivity index (χ1) is 8.66. The average molecular weight is 275 g/mol. The molecule has 2 aliphatic rings. The van der Waals surface area contributed by atoms with Crippen molar-refractivity contribution in [2.45, 2.75) is 38.1 Å². The summed E-state index contributed by atoms with van der Waals surface area (Å²) in [5, 5.41) is 3.22. The predicted octanol–water partition coefficient (Wildman–Crippen LogP) is 0.144. The molecule has 5 nitrogen and oxygen atoms in total. The highest BCUT2D eigenvalue weighted by atomic mass is 32.2. The summed E-state index contributed by atoms with van der Waals surface area (Å²) in [5.74, 6) is 0.233. The summed E-state index contributed by atoms with van der Waals surface area (Å²) >= 11 is 0. The van der Waals surface area contributed by atoms with Crippen molar-refractivity contribution < 1.29 is 8.42 Å². The zero-order valence-corrected chi connectivity index (χ0v) is 11.8. The molecule has 1 atom stereocenters. The van der Waals surface area contributed by atoms with Crippen LogP contribution in [0.25, 0.3) is 0 Å². The fraction of sp³-hybridized carbons (Fsp3) is 1.00. The average Bonchev–Trinajstić information content (AvgIpc) is 2.96. The van der Waals surface area contributed by atoms with Gasteiger partial charge in [-0.3, -0.25) is 0 Å². The van der Waals surface area contributed by atoms with Crippen molar-refractivity contribution >= 4 is 10.0 Å². The maximum absolute atomic E-state index is 11.8. The highest BCUT2D eigenvalue weighted by molar-refractivity contribution is 7.89. The van der Waals surface area contributed by atoms with Crippen LogP contribution in [0.2, 0.25) is 0 Å². The van der Waals surface area contributed by atoms with Crippen molar-refractivity contribution in [3.63, 3.8) is 0 Å². The van der Waals surface area contributed by atoms with E-state index in [-0.39, 0.29) is 11.8 Å². The molecule has 6 heteroatoms. The number of likely N-dealkylation sites (tertiary alicyclic amines) is 1. The Balaban J connectivity index is 1.59. The molecule has 0 aromatic carbocycles. The van der Waals surface area contributed by atoms with Gasteiger partial charge in [-0.15, -0.1) is 0 Å². The Labute approximate surface area is 110 Å². The topological polar surface area (TPSA) is 61.4 Å². The van der Waals surface area contributed by atoms with Crippen LogP contribution in [0, 0.1) is 0 Å². The largest absolute Gasteiger partial charge is 0.313 e. The Morgan fingerprint density at radius 2 is 2.00 bits per heavy atom. The van der Waals surface area contributed by atoms with Crippen LogP contribution in [0.15, 0.2) is 0 Å². The van der Waals surface area contributed by atoms with E-state index in [1.807, 2.05) is 0 Å². The van der Waals surface area contributed by atoms with Gasteiger partial charge in [-0.05, 0) is 58.3 Å². The summed E-state index contributed by atoms with van der Waals surface area (Å²) in [6, 6.07) is 0.154. The lowest BCUT2D eigenvalue weighted by molar-refractivity contribution is 0.334. The Morgan fingerprint density at radius 3 is 2.67 bits per heavy atom. The first kappa shape index (κ1) is 14.2. The van der Waals surface area contributed by atoms with Gasteiger partial charge in [-0.2, -0.15) is 0 Å². The van der Waals surface area contributed by atoms with E-state index in [0.717, 1.165) is 32.4 Å². The van der Waals surface area contributed by atoms with Crippen molar-refractivity contribution in [1.82, 2.24) is 14.9 Å². The lowest BCUT2D eigenvalue weighted by atomic mass is 10.3. The number of sulfonamides is 1. The SMILES string of the molecule is O=S(=O)(CC1CCCN1)NCCCN1CCCC1. The zero-order valence-electron chi connectivity index (χ0n) is 11.0. The molecular weight excluding hydrogens is 250 g/mol. The van der Waals surface area contributed by atoms with E-state index >= 15 is 0 Å². The van der Waals surface area contributed by atoms with Crippen LogP contribution in [0.3, 0.4) is 0 Å². The van der Waals surface area contributed by atoms with E-state index in [9.17, 15) is 8.42 Å². The van der Waals surface area contributed by atoms with Crippen molar-refractivity contribution in [2.24, 2.45) is 0 Å². The monoisotopic (exact) mass is 275 g/mol. The van der Waals surface area contributed by atoms with Crippen LogP contribution in [0.4, 0.5) is 0 Å². The van der Waals surface area contributed by atoms with Gasteiger partial charge in [-0.25, -0.2) is 13.1 Å². The Kier molecular flexibility index (Phi) is 5.41. The molecule has 106 valence electrons. The molecule has 0 radical (unpaired) electrons. The summed E-state index contributed by atoms with van der Waals surface area (Å²) in [4.78, 5) is 2.41. The molecule has 0 saturated carbocycles. The van der Waals surface area contributed by atoms with Crippen LogP contribution >= 0.6 is 0 Å². The van der Waals surface area contributed by atoms with Crippen LogP contribution < -0.4 is 10.0 Å². The second-order valence-electron chi connectivity index (χ2n) is 5.37. The number of hydrogen-bond donors (Lipinski definition) is 2. The van der Waals surface area contributed by atoms with Crippen LogP contribution in [0.1, 0.15) is 32.1 Å². The van der Waals surface area contributed by atoms with E-state index in [0.29, 0.717) is 6.54 Å². The number of nitrogens with zero attached hydrogens (tertiary/aromatic N) is 1. The summed E-state index contributed by atoms with van der Waals surface area (Å²) in [7, 11) is -3.09. The second-order valence-corrected chi connectivity index (χ2v) is 7.22. The Bertz CT molecular complexity index is 333. The molecular formula is C12H25N3O2S. The van der Waals surface area contributed by atoms with E-state index in [1.54, 1.807) is 0 Å². The molecule has 0 amide bonds. The lowest BCUT2D eigenvalue weighted by Crippen LogP contribution is -2.37. The van der Waals surface area contributed by atoms with Gasteiger partial charge in [0, 0.05) is 12.6 Å². The highest BCUT2D eigenvalue weighted by Crippen LogP contribution is 2.08. The van der Waals surface area contributed by atoms with E-state index in [1.165, 1.54) is 25.9 Å². The summed E-state index contributed by atoms with van der Waals surface area (Å²) in [6.07, 6.45) is 5.57. The summed E-state index contributed by atoms with van der Waals surface area (Å²) < 4.78 is 26.4. The molecule has 2 rings (SSSR count). The van der Waals surface area contributed by atoms with E-state index in [2.05, 4.69) is 14.9 Å². The quantitative estimate of drug-likeness (QED) is 0.649. The molecule has 2 heterocycles. The van der Waals surface area contributed by atoms with E-state index < -0.39 is 10.0 Å². The lowest BCUT2D eigenvalue weighted by Gasteiger charge is -2.15. The molecule has 2 N–H and O–H groups in total. The van der Waals surface area contributed by atoms with Crippen molar-refractivity contribution in [1.29, 1.82) is 0 Å². The molecule has 0 aromatic heterocycles. The van der Waals surface area contributed by atoms with Gasteiger partial charge in [-0.1, -0.05) is 0 Å². The van der Waals surface area contributed by atoms with Gasteiger partial charge in [0.15, 0.2) is 0 Å². The summed E-state index contributed by atoms with van der Waals surface area (Å²) in [5.41, 5.74) is 0. The van der Waals surface area contributed by atoms with Crippen LogP contribution in [-0.4, -0.2) is 57.8 Å². The van der Waals surface area contributed by atoms with Gasteiger partial charge in [0.1, 0.15) is 0 Å². The fourth-order valence-electron chi connectivity index (χ4n) is 2.76.